The number of fused-ring (bicyclic) bond motifs is 1. The maximum absolute atomic E-state index is 12.9. The molecule has 0 bridgehead atoms. The highest BCUT2D eigenvalue weighted by molar-refractivity contribution is 7.22. The van der Waals surface area contributed by atoms with Crippen molar-refractivity contribution in [3.8, 4) is 11.3 Å². The third-order valence-corrected chi connectivity index (χ3v) is 5.82. The van der Waals surface area contributed by atoms with Crippen LogP contribution in [0.2, 0.25) is 0 Å². The number of carbonyl (C=O) groups excluding carboxylic acids is 2. The highest BCUT2D eigenvalue weighted by Gasteiger charge is 2.19. The number of nitrogens with one attached hydrogen (secondary N) is 2. The van der Waals surface area contributed by atoms with Gasteiger partial charge in [0, 0.05) is 18.2 Å². The monoisotopic (exact) mass is 408 g/mol. The van der Waals surface area contributed by atoms with Crippen molar-refractivity contribution in [1.82, 2.24) is 9.97 Å². The molecule has 0 aliphatic carbocycles. The van der Waals surface area contributed by atoms with Crippen LogP contribution in [0.3, 0.4) is 0 Å². The summed E-state index contributed by atoms with van der Waals surface area (Å²) in [6.45, 7) is 3.35. The molecule has 0 atom stereocenters. The smallest absolute Gasteiger partial charge is 0.269 e. The SMILES string of the molecule is CC(=O)Nc1ccc2nc(NC(=O)c3sc(C)nc3-c3ccccc3)sc2c1. The molecule has 4 aromatic rings. The fourth-order valence-corrected chi connectivity index (χ4v) is 4.52. The summed E-state index contributed by atoms with van der Waals surface area (Å²) in [6, 6.07) is 15.1. The molecule has 0 saturated carbocycles. The van der Waals surface area contributed by atoms with Crippen LogP contribution in [-0.2, 0) is 4.79 Å². The Morgan fingerprint density at radius 1 is 0.964 bits per heavy atom. The van der Waals surface area contributed by atoms with Crippen molar-refractivity contribution in [2.45, 2.75) is 13.8 Å². The van der Waals surface area contributed by atoms with Crippen molar-refractivity contribution in [2.24, 2.45) is 0 Å². The number of aryl methyl sites for hydroxylation is 1. The second-order valence-corrected chi connectivity index (χ2v) is 8.35. The maximum atomic E-state index is 12.9. The molecule has 0 aliphatic rings. The minimum absolute atomic E-state index is 0.133. The number of benzene rings is 2. The largest absolute Gasteiger partial charge is 0.326 e. The van der Waals surface area contributed by atoms with Gasteiger partial charge in [0.15, 0.2) is 5.13 Å². The first-order chi connectivity index (χ1) is 13.5. The molecule has 0 spiro atoms. The number of hydrogen-bond donors (Lipinski definition) is 2. The minimum Gasteiger partial charge on any atom is -0.326 e. The van der Waals surface area contributed by atoms with Crippen LogP contribution in [0.1, 0.15) is 21.6 Å². The Kier molecular flexibility index (Phi) is 4.89. The number of nitrogens with zero attached hydrogens (tertiary/aromatic N) is 2. The summed E-state index contributed by atoms with van der Waals surface area (Å²) in [5.74, 6) is -0.364. The summed E-state index contributed by atoms with van der Waals surface area (Å²) in [5.41, 5.74) is 3.04. The summed E-state index contributed by atoms with van der Waals surface area (Å²) in [6.07, 6.45) is 0. The molecule has 6 nitrogen and oxygen atoms in total. The van der Waals surface area contributed by atoms with Gasteiger partial charge in [0.1, 0.15) is 4.88 Å². The van der Waals surface area contributed by atoms with Crippen molar-refractivity contribution in [2.75, 3.05) is 10.6 Å². The van der Waals surface area contributed by atoms with Crippen LogP contribution in [0, 0.1) is 6.92 Å². The topological polar surface area (TPSA) is 84.0 Å². The number of hydrogen-bond acceptors (Lipinski definition) is 6. The first-order valence-corrected chi connectivity index (χ1v) is 10.2. The predicted octanol–water partition coefficient (Wildman–Crippen LogP) is 4.94. The van der Waals surface area contributed by atoms with E-state index < -0.39 is 0 Å². The minimum atomic E-state index is -0.231. The Morgan fingerprint density at radius 2 is 1.75 bits per heavy atom. The molecule has 0 radical (unpaired) electrons. The molecule has 2 aromatic heterocycles. The number of amides is 2. The summed E-state index contributed by atoms with van der Waals surface area (Å²) in [7, 11) is 0. The molecule has 0 saturated heterocycles. The van der Waals surface area contributed by atoms with E-state index in [4.69, 9.17) is 0 Å². The quantitative estimate of drug-likeness (QED) is 0.501. The average molecular weight is 409 g/mol. The van der Waals surface area contributed by atoms with Crippen LogP contribution in [-0.4, -0.2) is 21.8 Å². The lowest BCUT2D eigenvalue weighted by Crippen LogP contribution is -2.11. The van der Waals surface area contributed by atoms with E-state index in [-0.39, 0.29) is 11.8 Å². The van der Waals surface area contributed by atoms with Crippen molar-refractivity contribution in [3.05, 3.63) is 58.4 Å². The predicted molar refractivity (Wildman–Crippen MR) is 114 cm³/mol. The summed E-state index contributed by atoms with van der Waals surface area (Å²) < 4.78 is 0.880. The molecule has 2 aromatic carbocycles. The van der Waals surface area contributed by atoms with Gasteiger partial charge >= 0.3 is 0 Å². The van der Waals surface area contributed by atoms with Gasteiger partial charge in [0.25, 0.3) is 5.91 Å². The van der Waals surface area contributed by atoms with Crippen LogP contribution in [0.25, 0.3) is 21.5 Å². The molecule has 2 heterocycles. The fraction of sp³-hybridized carbons (Fsp3) is 0.100. The maximum Gasteiger partial charge on any atom is 0.269 e. The molecule has 2 amide bonds. The third-order valence-electron chi connectivity index (χ3n) is 3.92. The van der Waals surface area contributed by atoms with E-state index in [0.717, 1.165) is 20.8 Å². The number of rotatable bonds is 4. The summed E-state index contributed by atoms with van der Waals surface area (Å²) in [4.78, 5) is 33.7. The number of thiazole rings is 2. The summed E-state index contributed by atoms with van der Waals surface area (Å²) in [5, 5.41) is 6.96. The molecular formula is C20H16N4O2S2. The molecule has 0 aliphatic heterocycles. The van der Waals surface area contributed by atoms with Crippen molar-refractivity contribution in [1.29, 1.82) is 0 Å². The van der Waals surface area contributed by atoms with Crippen LogP contribution < -0.4 is 10.6 Å². The molecular weight excluding hydrogens is 392 g/mol. The van der Waals surface area contributed by atoms with E-state index in [9.17, 15) is 9.59 Å². The Labute approximate surface area is 169 Å². The van der Waals surface area contributed by atoms with E-state index in [1.54, 1.807) is 6.07 Å². The Balaban J connectivity index is 1.61. The number of anilines is 2. The standard InChI is InChI=1S/C20H16N4O2S2/c1-11(25)21-14-8-9-15-16(10-14)28-20(23-15)24-19(26)18-17(22-12(2)27-18)13-6-4-3-5-7-13/h3-10H,1-2H3,(H,21,25)(H,23,24,26). The lowest BCUT2D eigenvalue weighted by molar-refractivity contribution is -0.114. The number of aromatic nitrogens is 2. The molecule has 2 N–H and O–H groups in total. The zero-order valence-electron chi connectivity index (χ0n) is 15.1. The van der Waals surface area contributed by atoms with E-state index in [1.165, 1.54) is 29.6 Å². The van der Waals surface area contributed by atoms with Gasteiger partial charge in [0.05, 0.1) is 20.9 Å². The van der Waals surface area contributed by atoms with Crippen LogP contribution in [0.4, 0.5) is 10.8 Å². The van der Waals surface area contributed by atoms with Crippen LogP contribution in [0.5, 0.6) is 0 Å². The van der Waals surface area contributed by atoms with Gasteiger partial charge in [-0.15, -0.1) is 11.3 Å². The molecule has 0 unspecified atom stereocenters. The normalized spacial score (nSPS) is 10.8. The number of carbonyl (C=O) groups is 2. The van der Waals surface area contributed by atoms with E-state index in [1.807, 2.05) is 49.4 Å². The lowest BCUT2D eigenvalue weighted by atomic mass is 10.1. The zero-order valence-corrected chi connectivity index (χ0v) is 16.8. The van der Waals surface area contributed by atoms with E-state index >= 15 is 0 Å². The summed E-state index contributed by atoms with van der Waals surface area (Å²) >= 11 is 2.72. The zero-order chi connectivity index (χ0) is 19.7. The third kappa shape index (κ3) is 3.78. The lowest BCUT2D eigenvalue weighted by Gasteiger charge is -2.02. The van der Waals surface area contributed by atoms with E-state index in [2.05, 4.69) is 20.6 Å². The first-order valence-electron chi connectivity index (χ1n) is 8.52. The fourth-order valence-electron chi connectivity index (χ4n) is 2.79. The molecule has 28 heavy (non-hydrogen) atoms. The Bertz CT molecular complexity index is 1180. The first kappa shape index (κ1) is 18.3. The highest BCUT2D eigenvalue weighted by Crippen LogP contribution is 2.31. The van der Waals surface area contributed by atoms with Gasteiger partial charge in [-0.2, -0.15) is 0 Å². The Hall–Kier alpha value is -3.10. The van der Waals surface area contributed by atoms with Gasteiger partial charge < -0.3 is 5.32 Å². The average Bonchev–Trinajstić information content (AvgIpc) is 3.24. The van der Waals surface area contributed by atoms with Gasteiger partial charge in [-0.25, -0.2) is 9.97 Å². The molecule has 0 fully saturated rings. The van der Waals surface area contributed by atoms with Gasteiger partial charge in [-0.05, 0) is 25.1 Å². The van der Waals surface area contributed by atoms with Gasteiger partial charge in [0.2, 0.25) is 5.91 Å². The van der Waals surface area contributed by atoms with Crippen molar-refractivity contribution >= 4 is 55.5 Å². The van der Waals surface area contributed by atoms with Crippen LogP contribution >= 0.6 is 22.7 Å². The molecule has 8 heteroatoms. The van der Waals surface area contributed by atoms with Crippen molar-refractivity contribution in [3.63, 3.8) is 0 Å². The van der Waals surface area contributed by atoms with Crippen molar-refractivity contribution < 1.29 is 9.59 Å². The molecule has 4 rings (SSSR count). The Morgan fingerprint density at radius 3 is 2.50 bits per heavy atom. The van der Waals surface area contributed by atoms with Crippen LogP contribution in [0.15, 0.2) is 48.5 Å². The second-order valence-electron chi connectivity index (χ2n) is 6.11. The van der Waals surface area contributed by atoms with E-state index in [0.29, 0.717) is 21.4 Å². The highest BCUT2D eigenvalue weighted by atomic mass is 32.1. The van der Waals surface area contributed by atoms with Gasteiger partial charge in [-0.3, -0.25) is 14.9 Å². The van der Waals surface area contributed by atoms with Gasteiger partial charge in [-0.1, -0.05) is 41.7 Å². The molecule has 140 valence electrons. The second kappa shape index (κ2) is 7.49.